The molecule has 0 unspecified atom stereocenters. The molecule has 1 saturated heterocycles. The molecule has 2 aromatic carbocycles. The summed E-state index contributed by atoms with van der Waals surface area (Å²) in [7, 11) is 2.12. The standard InChI is InChI=1S/C29H32FN3O2/c1-32(17-13-26-9-2-3-16-31-26)22-24-7-5-10-28(21-24)35-27-14-18-33(19-15-27)29(34)12-11-23-6-4-8-25(30)20-23/h2-12,16,20-21,27H,13-15,17-19,22H2,1H3. The van der Waals surface area contributed by atoms with Gasteiger partial charge in [0.25, 0.3) is 0 Å². The lowest BCUT2D eigenvalue weighted by atomic mass is 10.1. The number of carbonyl (C=O) groups excluding carboxylic acids is 1. The highest BCUT2D eigenvalue weighted by Gasteiger charge is 2.23. The summed E-state index contributed by atoms with van der Waals surface area (Å²) >= 11 is 0. The van der Waals surface area contributed by atoms with E-state index in [0.717, 1.165) is 43.8 Å². The van der Waals surface area contributed by atoms with Crippen LogP contribution in [0.1, 0.15) is 29.7 Å². The summed E-state index contributed by atoms with van der Waals surface area (Å²) in [4.78, 5) is 21.0. The smallest absolute Gasteiger partial charge is 0.246 e. The number of carbonyl (C=O) groups is 1. The van der Waals surface area contributed by atoms with Gasteiger partial charge in [-0.05, 0) is 60.6 Å². The number of likely N-dealkylation sites (tertiary alicyclic amines) is 1. The van der Waals surface area contributed by atoms with Gasteiger partial charge >= 0.3 is 0 Å². The highest BCUT2D eigenvalue weighted by Crippen LogP contribution is 2.21. The van der Waals surface area contributed by atoms with Gasteiger partial charge in [0.05, 0.1) is 0 Å². The average Bonchev–Trinajstić information content (AvgIpc) is 2.87. The van der Waals surface area contributed by atoms with Crippen LogP contribution >= 0.6 is 0 Å². The lowest BCUT2D eigenvalue weighted by Gasteiger charge is -2.31. The average molecular weight is 474 g/mol. The number of hydrogen-bond donors (Lipinski definition) is 0. The Kier molecular flexibility index (Phi) is 8.63. The van der Waals surface area contributed by atoms with Crippen LogP contribution in [0.15, 0.2) is 79.0 Å². The van der Waals surface area contributed by atoms with Crippen LogP contribution in [0.25, 0.3) is 6.08 Å². The van der Waals surface area contributed by atoms with Crippen LogP contribution in [0, 0.1) is 5.82 Å². The van der Waals surface area contributed by atoms with Gasteiger partial charge in [-0.15, -0.1) is 0 Å². The van der Waals surface area contributed by atoms with Gasteiger partial charge in [0.1, 0.15) is 17.7 Å². The maximum Gasteiger partial charge on any atom is 0.246 e. The molecule has 0 bridgehead atoms. The second-order valence-electron chi connectivity index (χ2n) is 8.99. The predicted octanol–water partition coefficient (Wildman–Crippen LogP) is 4.98. The van der Waals surface area contributed by atoms with Crippen LogP contribution in [0.2, 0.25) is 0 Å². The molecule has 35 heavy (non-hydrogen) atoms. The van der Waals surface area contributed by atoms with Crippen molar-refractivity contribution in [1.29, 1.82) is 0 Å². The van der Waals surface area contributed by atoms with E-state index in [0.29, 0.717) is 18.7 Å². The lowest BCUT2D eigenvalue weighted by Crippen LogP contribution is -2.41. The molecule has 1 fully saturated rings. The number of aromatic nitrogens is 1. The Balaban J connectivity index is 1.22. The van der Waals surface area contributed by atoms with Crippen LogP contribution in [0.3, 0.4) is 0 Å². The molecule has 1 aliphatic rings. The Morgan fingerprint density at radius 1 is 1.11 bits per heavy atom. The van der Waals surface area contributed by atoms with Crippen molar-refractivity contribution in [3.05, 3.63) is 102 Å². The third-order valence-electron chi connectivity index (χ3n) is 6.15. The Bertz CT molecular complexity index is 1130. The van der Waals surface area contributed by atoms with Gasteiger partial charge in [0, 0.05) is 63.4 Å². The maximum atomic E-state index is 13.3. The number of likely N-dealkylation sites (N-methyl/N-ethyl adjacent to an activating group) is 1. The Labute approximate surface area is 206 Å². The van der Waals surface area contributed by atoms with Crippen molar-refractivity contribution in [3.63, 3.8) is 0 Å². The van der Waals surface area contributed by atoms with Gasteiger partial charge < -0.3 is 14.5 Å². The normalized spacial score (nSPS) is 14.5. The molecule has 2 heterocycles. The zero-order valence-corrected chi connectivity index (χ0v) is 20.1. The fraction of sp³-hybridized carbons (Fsp3) is 0.310. The van der Waals surface area contributed by atoms with Gasteiger partial charge in [-0.2, -0.15) is 0 Å². The molecule has 0 saturated carbocycles. The Morgan fingerprint density at radius 2 is 1.94 bits per heavy atom. The third-order valence-corrected chi connectivity index (χ3v) is 6.15. The Hall–Kier alpha value is -3.51. The number of halogens is 1. The summed E-state index contributed by atoms with van der Waals surface area (Å²) in [6, 6.07) is 20.5. The van der Waals surface area contributed by atoms with Crippen LogP contribution < -0.4 is 4.74 Å². The lowest BCUT2D eigenvalue weighted by molar-refractivity contribution is -0.127. The summed E-state index contributed by atoms with van der Waals surface area (Å²) < 4.78 is 19.6. The van der Waals surface area contributed by atoms with Crippen molar-refractivity contribution in [1.82, 2.24) is 14.8 Å². The number of ether oxygens (including phenoxy) is 1. The van der Waals surface area contributed by atoms with Gasteiger partial charge in [0.15, 0.2) is 0 Å². The van der Waals surface area contributed by atoms with Crippen molar-refractivity contribution in [2.24, 2.45) is 0 Å². The summed E-state index contributed by atoms with van der Waals surface area (Å²) in [5.41, 5.74) is 2.99. The molecular weight excluding hydrogens is 441 g/mol. The van der Waals surface area contributed by atoms with Crippen molar-refractivity contribution in [3.8, 4) is 5.75 Å². The minimum atomic E-state index is -0.308. The fourth-order valence-electron chi connectivity index (χ4n) is 4.23. The molecular formula is C29H32FN3O2. The van der Waals surface area contributed by atoms with E-state index >= 15 is 0 Å². The molecule has 3 aromatic rings. The molecule has 0 spiro atoms. The number of rotatable bonds is 9. The first kappa shape index (κ1) is 24.6. The van der Waals surface area contributed by atoms with Crippen molar-refractivity contribution in [2.45, 2.75) is 31.9 Å². The molecule has 0 N–H and O–H groups in total. The first-order chi connectivity index (χ1) is 17.0. The highest BCUT2D eigenvalue weighted by molar-refractivity contribution is 5.91. The maximum absolute atomic E-state index is 13.3. The van der Waals surface area contributed by atoms with Gasteiger partial charge in [-0.25, -0.2) is 4.39 Å². The zero-order valence-electron chi connectivity index (χ0n) is 20.1. The molecule has 5 nitrogen and oxygen atoms in total. The summed E-state index contributed by atoms with van der Waals surface area (Å²) in [6.45, 7) is 3.07. The monoisotopic (exact) mass is 473 g/mol. The molecule has 4 rings (SSSR count). The van der Waals surface area contributed by atoms with Crippen molar-refractivity contribution >= 4 is 12.0 Å². The zero-order chi connectivity index (χ0) is 24.5. The van der Waals surface area contributed by atoms with E-state index in [1.807, 2.05) is 35.4 Å². The topological polar surface area (TPSA) is 45.7 Å². The molecule has 6 heteroatoms. The highest BCUT2D eigenvalue weighted by atomic mass is 19.1. The van der Waals surface area contributed by atoms with E-state index < -0.39 is 0 Å². The molecule has 182 valence electrons. The van der Waals surface area contributed by atoms with E-state index in [4.69, 9.17) is 4.74 Å². The van der Waals surface area contributed by atoms with E-state index in [-0.39, 0.29) is 17.8 Å². The minimum Gasteiger partial charge on any atom is -0.490 e. The number of benzene rings is 2. The first-order valence-corrected chi connectivity index (χ1v) is 12.1. The minimum absolute atomic E-state index is 0.0524. The molecule has 0 atom stereocenters. The fourth-order valence-corrected chi connectivity index (χ4v) is 4.23. The third kappa shape index (κ3) is 7.76. The number of hydrogen-bond acceptors (Lipinski definition) is 4. The van der Waals surface area contributed by atoms with Crippen LogP contribution in [0.5, 0.6) is 5.75 Å². The number of piperidine rings is 1. The van der Waals surface area contributed by atoms with Crippen LogP contribution in [-0.4, -0.2) is 53.5 Å². The molecule has 0 radical (unpaired) electrons. The van der Waals surface area contributed by atoms with Crippen LogP contribution in [0.4, 0.5) is 4.39 Å². The van der Waals surface area contributed by atoms with Crippen LogP contribution in [-0.2, 0) is 17.8 Å². The SMILES string of the molecule is CN(CCc1ccccn1)Cc1cccc(OC2CCN(C(=O)C=Cc3cccc(F)c3)CC2)c1. The summed E-state index contributed by atoms with van der Waals surface area (Å²) in [6.07, 6.45) is 7.59. The molecule has 0 aliphatic carbocycles. The number of amides is 1. The summed E-state index contributed by atoms with van der Waals surface area (Å²) in [5, 5.41) is 0. The molecule has 1 amide bonds. The van der Waals surface area contributed by atoms with Crippen molar-refractivity contribution in [2.75, 3.05) is 26.7 Å². The van der Waals surface area contributed by atoms with E-state index in [1.165, 1.54) is 23.8 Å². The van der Waals surface area contributed by atoms with E-state index in [1.54, 1.807) is 18.2 Å². The van der Waals surface area contributed by atoms with Gasteiger partial charge in [0.2, 0.25) is 5.91 Å². The quantitative estimate of drug-likeness (QED) is 0.411. The molecule has 1 aromatic heterocycles. The molecule has 1 aliphatic heterocycles. The number of pyridine rings is 1. The Morgan fingerprint density at radius 3 is 2.71 bits per heavy atom. The largest absolute Gasteiger partial charge is 0.490 e. The summed E-state index contributed by atoms with van der Waals surface area (Å²) in [5.74, 6) is 0.512. The van der Waals surface area contributed by atoms with E-state index in [2.05, 4.69) is 35.1 Å². The predicted molar refractivity (Wildman–Crippen MR) is 136 cm³/mol. The first-order valence-electron chi connectivity index (χ1n) is 12.1. The number of nitrogens with zero attached hydrogens (tertiary/aromatic N) is 3. The van der Waals surface area contributed by atoms with Gasteiger partial charge in [-0.3, -0.25) is 9.78 Å². The van der Waals surface area contributed by atoms with Gasteiger partial charge in [-0.1, -0.05) is 30.3 Å². The second kappa shape index (κ2) is 12.3. The second-order valence-corrected chi connectivity index (χ2v) is 8.99. The van der Waals surface area contributed by atoms with Crippen molar-refractivity contribution < 1.29 is 13.9 Å². The van der Waals surface area contributed by atoms with E-state index in [9.17, 15) is 9.18 Å².